The zero-order chi connectivity index (χ0) is 11.3. The van der Waals surface area contributed by atoms with Crippen LogP contribution in [0.1, 0.15) is 5.56 Å². The van der Waals surface area contributed by atoms with Crippen molar-refractivity contribution in [2.75, 3.05) is 13.4 Å². The molecule has 0 heterocycles. The zero-order valence-corrected chi connectivity index (χ0v) is 9.28. The third-order valence-corrected chi connectivity index (χ3v) is 1.96. The van der Waals surface area contributed by atoms with Gasteiger partial charge in [-0.2, -0.15) is 5.10 Å². The second kappa shape index (κ2) is 4.79. The number of hydrogen-bond acceptors (Lipinski definition) is 4. The monoisotopic (exact) mass is 228 g/mol. The van der Waals surface area contributed by atoms with E-state index in [0.29, 0.717) is 5.75 Å². The smallest absolute Gasteiger partial charge is 0.244 e. The van der Waals surface area contributed by atoms with E-state index in [9.17, 15) is 8.42 Å². The second-order valence-electron chi connectivity index (χ2n) is 2.90. The third kappa shape index (κ3) is 4.46. The lowest BCUT2D eigenvalue weighted by atomic mass is 10.2. The number of benzene rings is 1. The fourth-order valence-electron chi connectivity index (χ4n) is 0.918. The number of nitrogens with zero attached hydrogens (tertiary/aromatic N) is 1. The van der Waals surface area contributed by atoms with Gasteiger partial charge in [0.25, 0.3) is 0 Å². The molecule has 5 nitrogen and oxygen atoms in total. The lowest BCUT2D eigenvalue weighted by Gasteiger charge is -1.99. The zero-order valence-electron chi connectivity index (χ0n) is 8.47. The van der Waals surface area contributed by atoms with E-state index in [0.717, 1.165) is 11.8 Å². The third-order valence-electron chi connectivity index (χ3n) is 1.53. The Hall–Kier alpha value is -1.56. The van der Waals surface area contributed by atoms with Crippen LogP contribution >= 0.6 is 0 Å². The van der Waals surface area contributed by atoms with Crippen molar-refractivity contribution >= 4 is 16.2 Å². The summed E-state index contributed by atoms with van der Waals surface area (Å²) in [7, 11) is -1.73. The first kappa shape index (κ1) is 11.5. The highest BCUT2D eigenvalue weighted by Gasteiger charge is 1.95. The van der Waals surface area contributed by atoms with Crippen LogP contribution in [-0.4, -0.2) is 28.0 Å². The summed E-state index contributed by atoms with van der Waals surface area (Å²) in [6.07, 6.45) is 2.44. The Morgan fingerprint density at radius 3 is 2.80 bits per heavy atom. The molecule has 6 heteroatoms. The van der Waals surface area contributed by atoms with E-state index >= 15 is 0 Å². The molecule has 0 saturated carbocycles. The maximum absolute atomic E-state index is 10.7. The van der Waals surface area contributed by atoms with Crippen LogP contribution < -0.4 is 9.57 Å². The minimum absolute atomic E-state index is 0.693. The number of hydrogen-bond donors (Lipinski definition) is 1. The summed E-state index contributed by atoms with van der Waals surface area (Å²) in [4.78, 5) is 2.01. The van der Waals surface area contributed by atoms with E-state index in [1.165, 1.54) is 6.21 Å². The molecule has 0 aliphatic rings. The molecule has 0 radical (unpaired) electrons. The molecule has 1 N–H and O–H groups in total. The summed E-state index contributed by atoms with van der Waals surface area (Å²) in [6, 6.07) is 7.12. The minimum atomic E-state index is -3.29. The first-order chi connectivity index (χ1) is 7.01. The standard InChI is InChI=1S/C9H12N2O3S/c1-14-9-5-3-4-8(6-9)7-10-11-15(2,12)13/h3-7,11H,1-2H3. The molecule has 1 aromatic carbocycles. The Labute approximate surface area is 88.8 Å². The number of sulfonamides is 1. The Balaban J connectivity index is 2.72. The van der Waals surface area contributed by atoms with Crippen molar-refractivity contribution < 1.29 is 13.2 Å². The molecule has 0 amide bonds. The van der Waals surface area contributed by atoms with Crippen LogP contribution in [0.15, 0.2) is 29.4 Å². The Bertz CT molecular complexity index is 454. The Kier molecular flexibility index (Phi) is 3.68. The fraction of sp³-hybridized carbons (Fsp3) is 0.222. The lowest BCUT2D eigenvalue weighted by molar-refractivity contribution is 0.415. The van der Waals surface area contributed by atoms with Crippen molar-refractivity contribution in [2.24, 2.45) is 5.10 Å². The fourth-order valence-corrected chi connectivity index (χ4v) is 1.16. The van der Waals surface area contributed by atoms with Gasteiger partial charge in [-0.3, -0.25) is 0 Å². The lowest BCUT2D eigenvalue weighted by Crippen LogP contribution is -2.15. The maximum Gasteiger partial charge on any atom is 0.244 e. The van der Waals surface area contributed by atoms with Gasteiger partial charge in [-0.25, -0.2) is 13.2 Å². The number of rotatable bonds is 4. The van der Waals surface area contributed by atoms with Crippen molar-refractivity contribution in [1.29, 1.82) is 0 Å². The van der Waals surface area contributed by atoms with Crippen LogP contribution in [0.4, 0.5) is 0 Å². The van der Waals surface area contributed by atoms with Gasteiger partial charge in [0.15, 0.2) is 0 Å². The van der Waals surface area contributed by atoms with Crippen molar-refractivity contribution in [3.05, 3.63) is 29.8 Å². The van der Waals surface area contributed by atoms with Gasteiger partial charge in [0, 0.05) is 0 Å². The number of ether oxygens (including phenoxy) is 1. The molecule has 0 aromatic heterocycles. The van der Waals surface area contributed by atoms with E-state index in [4.69, 9.17) is 4.74 Å². The van der Waals surface area contributed by atoms with E-state index in [2.05, 4.69) is 5.10 Å². The van der Waals surface area contributed by atoms with Crippen LogP contribution in [0.25, 0.3) is 0 Å². The van der Waals surface area contributed by atoms with Crippen molar-refractivity contribution in [1.82, 2.24) is 4.83 Å². The average molecular weight is 228 g/mol. The molecular formula is C9H12N2O3S. The normalized spacial score (nSPS) is 11.6. The molecule has 0 unspecified atom stereocenters. The first-order valence-electron chi connectivity index (χ1n) is 4.15. The van der Waals surface area contributed by atoms with Gasteiger partial charge in [-0.15, -0.1) is 0 Å². The number of methoxy groups -OCH3 is 1. The highest BCUT2D eigenvalue weighted by molar-refractivity contribution is 7.88. The van der Waals surface area contributed by atoms with Crippen LogP contribution in [-0.2, 0) is 10.0 Å². The van der Waals surface area contributed by atoms with Crippen molar-refractivity contribution in [3.63, 3.8) is 0 Å². The highest BCUT2D eigenvalue weighted by Crippen LogP contribution is 2.10. The predicted octanol–water partition coefficient (Wildman–Crippen LogP) is 0.578. The van der Waals surface area contributed by atoms with Gasteiger partial charge < -0.3 is 4.74 Å². The molecule has 0 saturated heterocycles. The molecular weight excluding hydrogens is 216 g/mol. The maximum atomic E-state index is 10.7. The van der Waals surface area contributed by atoms with Gasteiger partial charge in [-0.05, 0) is 17.7 Å². The van der Waals surface area contributed by atoms with Gasteiger partial charge in [0.2, 0.25) is 10.0 Å². The molecule has 0 spiro atoms. The van der Waals surface area contributed by atoms with Crippen molar-refractivity contribution in [3.8, 4) is 5.75 Å². The van der Waals surface area contributed by atoms with Gasteiger partial charge in [0.1, 0.15) is 5.75 Å². The second-order valence-corrected chi connectivity index (χ2v) is 4.63. The molecule has 0 bridgehead atoms. The minimum Gasteiger partial charge on any atom is -0.497 e. The summed E-state index contributed by atoms with van der Waals surface area (Å²) in [5.41, 5.74) is 0.755. The van der Waals surface area contributed by atoms with E-state index in [-0.39, 0.29) is 0 Å². The van der Waals surface area contributed by atoms with E-state index in [1.54, 1.807) is 31.4 Å². The largest absolute Gasteiger partial charge is 0.497 e. The topological polar surface area (TPSA) is 67.8 Å². The molecule has 0 aliphatic carbocycles. The van der Waals surface area contributed by atoms with Crippen LogP contribution in [0.2, 0.25) is 0 Å². The Morgan fingerprint density at radius 2 is 2.20 bits per heavy atom. The number of nitrogens with one attached hydrogen (secondary N) is 1. The summed E-state index contributed by atoms with van der Waals surface area (Å²) in [6.45, 7) is 0. The highest BCUT2D eigenvalue weighted by atomic mass is 32.2. The van der Waals surface area contributed by atoms with Gasteiger partial charge in [-0.1, -0.05) is 12.1 Å². The van der Waals surface area contributed by atoms with Gasteiger partial charge >= 0.3 is 0 Å². The first-order valence-corrected chi connectivity index (χ1v) is 6.04. The average Bonchev–Trinajstić information content (AvgIpc) is 2.16. The SMILES string of the molecule is COc1cccc(C=NNS(C)(=O)=O)c1. The predicted molar refractivity (Wildman–Crippen MR) is 58.6 cm³/mol. The quantitative estimate of drug-likeness (QED) is 0.605. The van der Waals surface area contributed by atoms with Crippen molar-refractivity contribution in [2.45, 2.75) is 0 Å². The number of hydrazone groups is 1. The van der Waals surface area contributed by atoms with E-state index < -0.39 is 10.0 Å². The molecule has 82 valence electrons. The summed E-state index contributed by atoms with van der Waals surface area (Å²) in [5.74, 6) is 0.693. The Morgan fingerprint density at radius 1 is 1.47 bits per heavy atom. The molecule has 0 aliphatic heterocycles. The summed E-state index contributed by atoms with van der Waals surface area (Å²) < 4.78 is 26.4. The van der Waals surface area contributed by atoms with E-state index in [1.807, 2.05) is 4.83 Å². The van der Waals surface area contributed by atoms with Crippen LogP contribution in [0.3, 0.4) is 0 Å². The molecule has 15 heavy (non-hydrogen) atoms. The van der Waals surface area contributed by atoms with Crippen LogP contribution in [0, 0.1) is 0 Å². The molecule has 1 rings (SSSR count). The van der Waals surface area contributed by atoms with Crippen LogP contribution in [0.5, 0.6) is 5.75 Å². The molecule has 1 aromatic rings. The molecule has 0 atom stereocenters. The van der Waals surface area contributed by atoms with Gasteiger partial charge in [0.05, 0.1) is 19.6 Å². The summed E-state index contributed by atoms with van der Waals surface area (Å²) >= 11 is 0. The summed E-state index contributed by atoms with van der Waals surface area (Å²) in [5, 5.41) is 3.57. The molecule has 0 fully saturated rings.